The molecule has 0 aliphatic carbocycles. The van der Waals surface area contributed by atoms with Crippen LogP contribution in [-0.4, -0.2) is 12.6 Å². The fourth-order valence-corrected chi connectivity index (χ4v) is 1.39. The van der Waals surface area contributed by atoms with E-state index in [2.05, 4.69) is 26.0 Å². The highest BCUT2D eigenvalue weighted by Crippen LogP contribution is 2.13. The number of benzene rings is 1. The van der Waals surface area contributed by atoms with Crippen molar-refractivity contribution in [1.29, 1.82) is 0 Å². The second-order valence-electron chi connectivity index (χ2n) is 3.86. The topological polar surface area (TPSA) is 35.2 Å². The van der Waals surface area contributed by atoms with Crippen LogP contribution in [0.4, 0.5) is 0 Å². The van der Waals surface area contributed by atoms with Crippen molar-refractivity contribution in [2.75, 3.05) is 6.61 Å². The van der Waals surface area contributed by atoms with Crippen LogP contribution in [0.25, 0.3) is 0 Å². The number of rotatable bonds is 6. The summed E-state index contributed by atoms with van der Waals surface area (Å²) in [5.74, 6) is 0.950. The van der Waals surface area contributed by atoms with Crippen LogP contribution in [0, 0.1) is 0 Å². The Labute approximate surface area is 92.4 Å². The zero-order valence-electron chi connectivity index (χ0n) is 9.70. The maximum atomic E-state index is 5.89. The Morgan fingerprint density at radius 3 is 2.40 bits per heavy atom. The molecule has 1 aromatic rings. The molecule has 0 radical (unpaired) electrons. The molecule has 0 heterocycles. The van der Waals surface area contributed by atoms with Crippen LogP contribution in [0.2, 0.25) is 0 Å². The van der Waals surface area contributed by atoms with Crippen LogP contribution < -0.4 is 10.5 Å². The predicted octanol–water partition coefficient (Wildman–Crippen LogP) is 2.76. The van der Waals surface area contributed by atoms with Crippen molar-refractivity contribution in [2.45, 2.75) is 39.2 Å². The van der Waals surface area contributed by atoms with Gasteiger partial charge in [0.25, 0.3) is 0 Å². The zero-order chi connectivity index (χ0) is 11.1. The Kier molecular flexibility index (Phi) is 5.19. The van der Waals surface area contributed by atoms with E-state index in [0.717, 1.165) is 31.6 Å². The largest absolute Gasteiger partial charge is 0.494 e. The molecule has 2 N–H and O–H groups in total. The molecule has 0 aromatic heterocycles. The lowest BCUT2D eigenvalue weighted by Gasteiger charge is -2.09. The predicted molar refractivity (Wildman–Crippen MR) is 64.2 cm³/mol. The first-order valence-electron chi connectivity index (χ1n) is 5.73. The van der Waals surface area contributed by atoms with E-state index in [1.54, 1.807) is 0 Å². The first kappa shape index (κ1) is 12.1. The first-order valence-corrected chi connectivity index (χ1v) is 5.73. The van der Waals surface area contributed by atoms with Crippen molar-refractivity contribution in [3.8, 4) is 5.75 Å². The SMILES string of the molecule is CCCOc1ccc(CC(N)CC)cc1. The average Bonchev–Trinajstić information content (AvgIpc) is 2.28. The summed E-state index contributed by atoms with van der Waals surface area (Å²) < 4.78 is 5.51. The van der Waals surface area contributed by atoms with Gasteiger partial charge in [-0.25, -0.2) is 0 Å². The number of nitrogens with two attached hydrogens (primary N) is 1. The van der Waals surface area contributed by atoms with Crippen LogP contribution in [0.3, 0.4) is 0 Å². The maximum absolute atomic E-state index is 5.89. The minimum absolute atomic E-state index is 0.271. The van der Waals surface area contributed by atoms with Gasteiger partial charge < -0.3 is 10.5 Å². The van der Waals surface area contributed by atoms with E-state index in [1.807, 2.05) is 12.1 Å². The lowest BCUT2D eigenvalue weighted by Crippen LogP contribution is -2.21. The molecular formula is C13H21NO. The molecule has 1 aromatic carbocycles. The van der Waals surface area contributed by atoms with Crippen LogP contribution in [-0.2, 0) is 6.42 Å². The molecule has 15 heavy (non-hydrogen) atoms. The lowest BCUT2D eigenvalue weighted by molar-refractivity contribution is 0.317. The van der Waals surface area contributed by atoms with Crippen LogP contribution in [0.5, 0.6) is 5.75 Å². The summed E-state index contributed by atoms with van der Waals surface area (Å²) in [6, 6.07) is 8.51. The smallest absolute Gasteiger partial charge is 0.119 e. The summed E-state index contributed by atoms with van der Waals surface area (Å²) in [5, 5.41) is 0. The van der Waals surface area contributed by atoms with Gasteiger partial charge in [-0.1, -0.05) is 26.0 Å². The van der Waals surface area contributed by atoms with E-state index in [0.29, 0.717) is 0 Å². The monoisotopic (exact) mass is 207 g/mol. The Hall–Kier alpha value is -1.02. The van der Waals surface area contributed by atoms with Gasteiger partial charge >= 0.3 is 0 Å². The molecule has 0 fully saturated rings. The number of hydrogen-bond donors (Lipinski definition) is 1. The maximum Gasteiger partial charge on any atom is 0.119 e. The third-order valence-electron chi connectivity index (χ3n) is 2.42. The van der Waals surface area contributed by atoms with Crippen molar-refractivity contribution in [2.24, 2.45) is 5.73 Å². The highest BCUT2D eigenvalue weighted by atomic mass is 16.5. The Bertz CT molecular complexity index is 268. The fraction of sp³-hybridized carbons (Fsp3) is 0.538. The zero-order valence-corrected chi connectivity index (χ0v) is 9.70. The van der Waals surface area contributed by atoms with E-state index in [1.165, 1.54) is 5.56 Å². The van der Waals surface area contributed by atoms with Gasteiger partial charge in [-0.05, 0) is 37.0 Å². The Morgan fingerprint density at radius 1 is 1.20 bits per heavy atom. The molecule has 1 unspecified atom stereocenters. The quantitative estimate of drug-likeness (QED) is 0.778. The highest BCUT2D eigenvalue weighted by molar-refractivity contribution is 5.27. The van der Waals surface area contributed by atoms with E-state index in [4.69, 9.17) is 10.5 Å². The van der Waals surface area contributed by atoms with Gasteiger partial charge in [-0.3, -0.25) is 0 Å². The van der Waals surface area contributed by atoms with Gasteiger partial charge in [0.2, 0.25) is 0 Å². The molecular weight excluding hydrogens is 186 g/mol. The molecule has 0 amide bonds. The van der Waals surface area contributed by atoms with Gasteiger partial charge in [0.15, 0.2) is 0 Å². The Balaban J connectivity index is 2.48. The van der Waals surface area contributed by atoms with Gasteiger partial charge in [0, 0.05) is 6.04 Å². The Morgan fingerprint density at radius 2 is 1.87 bits per heavy atom. The standard InChI is InChI=1S/C13H21NO/c1-3-9-15-13-7-5-11(6-8-13)10-12(14)4-2/h5-8,12H,3-4,9-10,14H2,1-2H3. The van der Waals surface area contributed by atoms with E-state index in [9.17, 15) is 0 Å². The molecule has 0 bridgehead atoms. The summed E-state index contributed by atoms with van der Waals surface area (Å²) in [6.07, 6.45) is 3.01. The summed E-state index contributed by atoms with van der Waals surface area (Å²) in [7, 11) is 0. The summed E-state index contributed by atoms with van der Waals surface area (Å²) in [6.45, 7) is 5.01. The van der Waals surface area contributed by atoms with Crippen molar-refractivity contribution in [3.63, 3.8) is 0 Å². The van der Waals surface area contributed by atoms with Gasteiger partial charge in [0.05, 0.1) is 6.61 Å². The molecule has 84 valence electrons. The van der Waals surface area contributed by atoms with Crippen LogP contribution in [0.15, 0.2) is 24.3 Å². The highest BCUT2D eigenvalue weighted by Gasteiger charge is 2.01. The van der Waals surface area contributed by atoms with E-state index in [-0.39, 0.29) is 6.04 Å². The molecule has 1 atom stereocenters. The molecule has 0 aliphatic rings. The van der Waals surface area contributed by atoms with E-state index < -0.39 is 0 Å². The molecule has 0 saturated carbocycles. The van der Waals surface area contributed by atoms with Gasteiger partial charge in [0.1, 0.15) is 5.75 Å². The number of hydrogen-bond acceptors (Lipinski definition) is 2. The fourth-order valence-electron chi connectivity index (χ4n) is 1.39. The summed E-state index contributed by atoms with van der Waals surface area (Å²) >= 11 is 0. The minimum atomic E-state index is 0.271. The third kappa shape index (κ3) is 4.34. The van der Waals surface area contributed by atoms with Crippen molar-refractivity contribution in [1.82, 2.24) is 0 Å². The summed E-state index contributed by atoms with van der Waals surface area (Å²) in [5.41, 5.74) is 7.18. The molecule has 2 nitrogen and oxygen atoms in total. The second-order valence-corrected chi connectivity index (χ2v) is 3.86. The normalized spacial score (nSPS) is 12.5. The van der Waals surface area contributed by atoms with Crippen molar-refractivity contribution < 1.29 is 4.74 Å². The molecule has 0 saturated heterocycles. The lowest BCUT2D eigenvalue weighted by atomic mass is 10.0. The third-order valence-corrected chi connectivity index (χ3v) is 2.42. The van der Waals surface area contributed by atoms with Gasteiger partial charge in [-0.2, -0.15) is 0 Å². The van der Waals surface area contributed by atoms with Crippen LogP contribution in [0.1, 0.15) is 32.3 Å². The summed E-state index contributed by atoms with van der Waals surface area (Å²) in [4.78, 5) is 0. The average molecular weight is 207 g/mol. The van der Waals surface area contributed by atoms with Crippen LogP contribution >= 0.6 is 0 Å². The number of ether oxygens (including phenoxy) is 1. The second kappa shape index (κ2) is 6.46. The van der Waals surface area contributed by atoms with Gasteiger partial charge in [-0.15, -0.1) is 0 Å². The van der Waals surface area contributed by atoms with Crippen molar-refractivity contribution in [3.05, 3.63) is 29.8 Å². The first-order chi connectivity index (χ1) is 7.26. The molecule has 0 aliphatic heterocycles. The molecule has 2 heteroatoms. The minimum Gasteiger partial charge on any atom is -0.494 e. The van der Waals surface area contributed by atoms with E-state index >= 15 is 0 Å². The molecule has 0 spiro atoms. The molecule has 1 rings (SSSR count). The van der Waals surface area contributed by atoms with Crippen molar-refractivity contribution >= 4 is 0 Å².